The molecule has 6 unspecified atom stereocenters. The summed E-state index contributed by atoms with van der Waals surface area (Å²) in [7, 11) is -0.233. The van der Waals surface area contributed by atoms with Crippen LogP contribution in [0.15, 0.2) is 9.98 Å². The summed E-state index contributed by atoms with van der Waals surface area (Å²) in [5, 5.41) is 0.272. The molecule has 0 saturated heterocycles. The van der Waals surface area contributed by atoms with Crippen LogP contribution in [0.1, 0.15) is 72.1 Å². The van der Waals surface area contributed by atoms with Crippen LogP contribution in [0.4, 0.5) is 0 Å². The Hall–Kier alpha value is 1.55. The quantitative estimate of drug-likeness (QED) is 0.109. The van der Waals surface area contributed by atoms with Gasteiger partial charge in [0.2, 0.25) is 0 Å². The summed E-state index contributed by atoms with van der Waals surface area (Å²) in [6.45, 7) is 14.2. The number of halogens is 4. The van der Waals surface area contributed by atoms with Gasteiger partial charge in [-0.2, -0.15) is 0 Å². The maximum atomic E-state index is 6.70. The molecule has 0 N–H and O–H groups in total. The molecular weight excluding hydrogens is 638 g/mol. The van der Waals surface area contributed by atoms with E-state index in [0.717, 1.165) is 43.7 Å². The Balaban J connectivity index is 0.00000161. The van der Waals surface area contributed by atoms with Gasteiger partial charge >= 0.3 is 39.3 Å². The van der Waals surface area contributed by atoms with Crippen molar-refractivity contribution >= 4 is 71.4 Å². The van der Waals surface area contributed by atoms with Crippen LogP contribution in [-0.2, 0) is 15.3 Å². The third-order valence-corrected chi connectivity index (χ3v) is 8.37. The number of nitrogens with zero attached hydrogens (tertiary/aromatic N) is 2. The molecule has 2 rings (SSSR count). The van der Waals surface area contributed by atoms with E-state index in [4.69, 9.17) is 37.6 Å². The molecule has 2 fully saturated rings. The Kier molecular flexibility index (Phi) is 16.1. The van der Waals surface area contributed by atoms with E-state index in [0.29, 0.717) is 11.8 Å². The molecule has 0 aromatic rings. The van der Waals surface area contributed by atoms with E-state index in [-0.39, 0.29) is 22.8 Å². The zero-order valence-electron chi connectivity index (χ0n) is 20.5. The van der Waals surface area contributed by atoms with E-state index < -0.39 is 8.32 Å². The van der Waals surface area contributed by atoms with Gasteiger partial charge in [-0.15, -0.1) is 23.2 Å². The Morgan fingerprint density at radius 3 is 1.84 bits per heavy atom. The zero-order chi connectivity index (χ0) is 24.3. The minimum atomic E-state index is -1.48. The molecule has 0 radical (unpaired) electrons. The Labute approximate surface area is 228 Å². The van der Waals surface area contributed by atoms with Gasteiger partial charge in [-0.05, 0) is 76.9 Å². The molecule has 2 aliphatic rings. The van der Waals surface area contributed by atoms with Gasteiger partial charge in [0, 0.05) is 6.61 Å². The van der Waals surface area contributed by atoms with Crippen LogP contribution < -0.4 is 0 Å². The summed E-state index contributed by atoms with van der Waals surface area (Å²) in [5.74, 6) is 1.06. The van der Waals surface area contributed by atoms with E-state index in [1.807, 2.05) is 0 Å². The van der Waals surface area contributed by atoms with E-state index in [9.17, 15) is 0 Å². The molecule has 9 heteroatoms. The topological polar surface area (TPSA) is 34.0 Å². The normalized spacial score (nSPS) is 32.4. The molecule has 0 amide bonds. The summed E-state index contributed by atoms with van der Waals surface area (Å²) >= 11 is 19.4. The summed E-state index contributed by atoms with van der Waals surface area (Å²) in [6.07, 6.45) is 8.85. The fourth-order valence-electron chi connectivity index (χ4n) is 4.52. The van der Waals surface area contributed by atoms with Crippen LogP contribution in [0.25, 0.3) is 0 Å². The van der Waals surface area contributed by atoms with Crippen molar-refractivity contribution < 1.29 is 15.3 Å². The average molecular weight is 680 g/mol. The second-order valence-corrected chi connectivity index (χ2v) is 20.8. The molecule has 192 valence electrons. The first-order chi connectivity index (χ1) is 15.0. The van der Waals surface area contributed by atoms with E-state index >= 15 is 0 Å². The fourth-order valence-corrected chi connectivity index (χ4v) is 6.19. The van der Waals surface area contributed by atoms with Crippen molar-refractivity contribution in [3.05, 3.63) is 0 Å². The molecular formula is C23H42Br2Cl2N2NiOSi. The SMILES string of the molecule is CC(=NC1C(C)CCCC1Cl)C(CCCO[Si](C)(C)C)=NC1C(C)CCCC1Cl.[Br][Ni][Br]. The van der Waals surface area contributed by atoms with E-state index in [2.05, 4.69) is 68.9 Å². The van der Waals surface area contributed by atoms with Crippen molar-refractivity contribution in [1.82, 2.24) is 0 Å². The first kappa shape index (κ1) is 31.6. The van der Waals surface area contributed by atoms with Gasteiger partial charge in [-0.25, -0.2) is 0 Å². The molecule has 2 saturated carbocycles. The molecule has 6 atom stereocenters. The molecule has 0 bridgehead atoms. The van der Waals surface area contributed by atoms with Crippen LogP contribution in [0.3, 0.4) is 0 Å². The molecule has 2 aliphatic carbocycles. The average Bonchev–Trinajstić information content (AvgIpc) is 2.69. The summed E-state index contributed by atoms with van der Waals surface area (Å²) in [5.41, 5.74) is 2.18. The van der Waals surface area contributed by atoms with Crippen LogP contribution in [0, 0.1) is 11.8 Å². The van der Waals surface area contributed by atoms with Gasteiger partial charge in [0.25, 0.3) is 0 Å². The monoisotopic (exact) mass is 676 g/mol. The van der Waals surface area contributed by atoms with Crippen LogP contribution >= 0.6 is 51.7 Å². The van der Waals surface area contributed by atoms with Gasteiger partial charge in [-0.1, -0.05) is 26.7 Å². The van der Waals surface area contributed by atoms with Crippen molar-refractivity contribution in [2.45, 2.75) is 115 Å². The minimum absolute atomic E-state index is 0.133. The van der Waals surface area contributed by atoms with Crippen molar-refractivity contribution in [1.29, 1.82) is 0 Å². The number of rotatable bonds is 8. The first-order valence-corrected chi connectivity index (χ1v) is 21.0. The van der Waals surface area contributed by atoms with Gasteiger partial charge < -0.3 is 4.43 Å². The standard InChI is InChI=1S/C23H42Cl2N2OSi.2BrH.Ni/c1-16-10-7-12-19(24)22(16)26-18(3)21(14-9-15-28-29(4,5)6)27-23-17(2)11-8-13-20(23)25;;;/h16-17,19-20,22-23H,7-15H2,1-6H3;2*1H;/q;;;+2/p-2. The predicted molar refractivity (Wildman–Crippen MR) is 150 cm³/mol. The molecule has 0 aromatic carbocycles. The number of hydrogen-bond acceptors (Lipinski definition) is 3. The number of alkyl halides is 2. The molecule has 3 nitrogen and oxygen atoms in total. The second-order valence-electron chi connectivity index (χ2n) is 10.2. The fraction of sp³-hybridized carbons (Fsp3) is 0.913. The summed E-state index contributed by atoms with van der Waals surface area (Å²) in [6, 6.07) is 0.392. The van der Waals surface area contributed by atoms with Gasteiger partial charge in [0.1, 0.15) is 0 Å². The number of aliphatic imine (C=N–C) groups is 2. The van der Waals surface area contributed by atoms with Crippen LogP contribution in [-0.4, -0.2) is 49.2 Å². The summed E-state index contributed by atoms with van der Waals surface area (Å²) < 4.78 is 6.07. The molecule has 0 aliphatic heterocycles. The Morgan fingerprint density at radius 1 is 0.938 bits per heavy atom. The van der Waals surface area contributed by atoms with E-state index in [1.54, 1.807) is 0 Å². The van der Waals surface area contributed by atoms with Crippen LogP contribution in [0.5, 0.6) is 0 Å². The Bertz CT molecular complexity index is 587. The number of hydrogen-bond donors (Lipinski definition) is 0. The van der Waals surface area contributed by atoms with Crippen LogP contribution in [0.2, 0.25) is 19.6 Å². The van der Waals surface area contributed by atoms with Gasteiger partial charge in [-0.3, -0.25) is 9.98 Å². The molecule has 32 heavy (non-hydrogen) atoms. The van der Waals surface area contributed by atoms with Gasteiger partial charge in [0.05, 0.1) is 34.3 Å². The second kappa shape index (κ2) is 16.3. The Morgan fingerprint density at radius 2 is 1.41 bits per heavy atom. The predicted octanol–water partition coefficient (Wildman–Crippen LogP) is 8.80. The molecule has 0 heterocycles. The van der Waals surface area contributed by atoms with E-state index in [1.165, 1.54) is 36.6 Å². The third kappa shape index (κ3) is 12.0. The maximum absolute atomic E-state index is 6.70. The molecule has 0 spiro atoms. The first-order valence-electron chi connectivity index (χ1n) is 11.9. The zero-order valence-corrected chi connectivity index (χ0v) is 27.1. The van der Waals surface area contributed by atoms with Crippen molar-refractivity contribution in [2.75, 3.05) is 6.61 Å². The van der Waals surface area contributed by atoms with Crippen molar-refractivity contribution in [3.8, 4) is 0 Å². The van der Waals surface area contributed by atoms with Crippen molar-refractivity contribution in [3.63, 3.8) is 0 Å². The van der Waals surface area contributed by atoms with Gasteiger partial charge in [0.15, 0.2) is 8.32 Å². The molecule has 0 aromatic heterocycles. The summed E-state index contributed by atoms with van der Waals surface area (Å²) in [4.78, 5) is 10.3. The third-order valence-electron chi connectivity index (χ3n) is 6.34. The van der Waals surface area contributed by atoms with Crippen molar-refractivity contribution in [2.24, 2.45) is 21.8 Å².